The van der Waals surface area contributed by atoms with Crippen LogP contribution in [0, 0.1) is 0 Å². The third kappa shape index (κ3) is 3.22. The minimum absolute atomic E-state index is 0.00264. The molecule has 108 valence electrons. The third-order valence-corrected chi connectivity index (χ3v) is 3.17. The molecule has 1 aliphatic rings. The molecule has 0 saturated carbocycles. The number of amides is 4. The van der Waals surface area contributed by atoms with Crippen LogP contribution in [0.25, 0.3) is 0 Å². The number of carbonyl (C=O) groups is 4. The summed E-state index contributed by atoms with van der Waals surface area (Å²) in [5.41, 5.74) is 21.0. The molecule has 0 spiro atoms. The highest BCUT2D eigenvalue weighted by Crippen LogP contribution is 2.27. The lowest BCUT2D eigenvalue weighted by atomic mass is 9.87. The fraction of sp³-hybridized carbons (Fsp3) is 0.333. The molecule has 0 bridgehead atoms. The van der Waals surface area contributed by atoms with Crippen molar-refractivity contribution in [3.05, 3.63) is 22.3 Å². The molecule has 0 atom stereocenters. The van der Waals surface area contributed by atoms with Crippen LogP contribution in [0.15, 0.2) is 22.3 Å². The Bertz CT molecular complexity index is 462. The van der Waals surface area contributed by atoms with E-state index in [1.165, 1.54) is 0 Å². The Labute approximate surface area is 114 Å². The average Bonchev–Trinajstić information content (AvgIpc) is 2.26. The highest BCUT2D eigenvalue weighted by molar-refractivity contribution is 6.06. The summed E-state index contributed by atoms with van der Waals surface area (Å²) in [7, 11) is 0. The Morgan fingerprint density at radius 3 is 0.750 bits per heavy atom. The zero-order valence-corrected chi connectivity index (χ0v) is 10.8. The Kier molecular flexibility index (Phi) is 4.63. The van der Waals surface area contributed by atoms with Crippen LogP contribution in [0.4, 0.5) is 0 Å². The maximum atomic E-state index is 11.4. The van der Waals surface area contributed by atoms with Crippen molar-refractivity contribution in [1.29, 1.82) is 0 Å². The van der Waals surface area contributed by atoms with Crippen LogP contribution in [-0.4, -0.2) is 23.6 Å². The molecule has 4 amide bonds. The first-order valence-electron chi connectivity index (χ1n) is 5.89. The maximum absolute atomic E-state index is 11.4. The molecule has 8 heteroatoms. The first kappa shape index (κ1) is 15.4. The van der Waals surface area contributed by atoms with Gasteiger partial charge >= 0.3 is 0 Å². The second-order valence-corrected chi connectivity index (χ2v) is 4.37. The quantitative estimate of drug-likeness (QED) is 0.471. The summed E-state index contributed by atoms with van der Waals surface area (Å²) in [6, 6.07) is 0. The number of primary amides is 4. The molecule has 0 fully saturated rings. The van der Waals surface area contributed by atoms with Crippen molar-refractivity contribution >= 4 is 23.6 Å². The molecule has 0 aliphatic heterocycles. The zero-order valence-electron chi connectivity index (χ0n) is 10.8. The number of hydrogen-bond donors (Lipinski definition) is 4. The molecule has 1 aliphatic carbocycles. The number of nitrogens with two attached hydrogens (primary N) is 4. The molecular weight excluding hydrogens is 264 g/mol. The molecule has 1 rings (SSSR count). The summed E-state index contributed by atoms with van der Waals surface area (Å²) in [5, 5.41) is 0. The molecule has 0 radical (unpaired) electrons. The van der Waals surface area contributed by atoms with Gasteiger partial charge in [-0.1, -0.05) is 0 Å². The second kappa shape index (κ2) is 6.00. The van der Waals surface area contributed by atoms with E-state index in [1.54, 1.807) is 0 Å². The molecule has 0 saturated heterocycles. The summed E-state index contributed by atoms with van der Waals surface area (Å²) in [4.78, 5) is 45.4. The summed E-state index contributed by atoms with van der Waals surface area (Å²) < 4.78 is 0. The first-order valence-corrected chi connectivity index (χ1v) is 5.89. The van der Waals surface area contributed by atoms with E-state index in [9.17, 15) is 19.2 Å². The van der Waals surface area contributed by atoms with E-state index < -0.39 is 23.6 Å². The molecule has 0 aromatic carbocycles. The van der Waals surface area contributed by atoms with Crippen molar-refractivity contribution in [3.63, 3.8) is 0 Å². The number of rotatable bonds is 4. The minimum Gasteiger partial charge on any atom is -0.366 e. The molecule has 20 heavy (non-hydrogen) atoms. The minimum atomic E-state index is -0.787. The van der Waals surface area contributed by atoms with Crippen LogP contribution in [0.2, 0.25) is 0 Å². The van der Waals surface area contributed by atoms with Crippen LogP contribution in [0.3, 0.4) is 0 Å². The standard InChI is InChI=1S/C12H16N4O4/c13-9(17)5-1-2-6(10(14)18)8(12(16)20)4-3-7(5)11(15)19/h1-4H2,(H2,13,17)(H2,14,18)(H2,15,19)(H2,16,20). The molecule has 8 N–H and O–H groups in total. The predicted octanol–water partition coefficient (Wildman–Crippen LogP) is -1.91. The van der Waals surface area contributed by atoms with Gasteiger partial charge in [0.15, 0.2) is 0 Å². The van der Waals surface area contributed by atoms with Crippen LogP contribution >= 0.6 is 0 Å². The summed E-state index contributed by atoms with van der Waals surface area (Å²) in [5.74, 6) is -3.15. The van der Waals surface area contributed by atoms with Gasteiger partial charge < -0.3 is 22.9 Å². The van der Waals surface area contributed by atoms with E-state index in [0.29, 0.717) is 0 Å². The Balaban J connectivity index is 3.27. The Morgan fingerprint density at radius 1 is 0.500 bits per heavy atom. The lowest BCUT2D eigenvalue weighted by Crippen LogP contribution is -2.28. The van der Waals surface area contributed by atoms with Gasteiger partial charge in [-0.25, -0.2) is 0 Å². The van der Waals surface area contributed by atoms with Crippen LogP contribution < -0.4 is 22.9 Å². The van der Waals surface area contributed by atoms with E-state index in [0.717, 1.165) is 0 Å². The number of hydrogen-bond acceptors (Lipinski definition) is 4. The van der Waals surface area contributed by atoms with Crippen molar-refractivity contribution < 1.29 is 19.2 Å². The van der Waals surface area contributed by atoms with Crippen LogP contribution in [-0.2, 0) is 19.2 Å². The van der Waals surface area contributed by atoms with Crippen molar-refractivity contribution in [2.75, 3.05) is 0 Å². The number of carbonyl (C=O) groups excluding carboxylic acids is 4. The van der Waals surface area contributed by atoms with Gasteiger partial charge in [-0.05, 0) is 25.7 Å². The van der Waals surface area contributed by atoms with Crippen molar-refractivity contribution in [2.45, 2.75) is 25.7 Å². The predicted molar refractivity (Wildman–Crippen MR) is 69.3 cm³/mol. The highest BCUT2D eigenvalue weighted by Gasteiger charge is 2.25. The van der Waals surface area contributed by atoms with Gasteiger partial charge in [-0.2, -0.15) is 0 Å². The topological polar surface area (TPSA) is 172 Å². The largest absolute Gasteiger partial charge is 0.366 e. The van der Waals surface area contributed by atoms with Gasteiger partial charge in [0, 0.05) is 22.3 Å². The molecule has 0 aromatic rings. The van der Waals surface area contributed by atoms with E-state index in [-0.39, 0.29) is 48.0 Å². The first-order chi connectivity index (χ1) is 9.25. The van der Waals surface area contributed by atoms with Crippen molar-refractivity contribution in [1.82, 2.24) is 0 Å². The second-order valence-electron chi connectivity index (χ2n) is 4.37. The van der Waals surface area contributed by atoms with E-state index in [2.05, 4.69) is 0 Å². The Morgan fingerprint density at radius 2 is 0.650 bits per heavy atom. The fourth-order valence-corrected chi connectivity index (χ4v) is 2.19. The lowest BCUT2D eigenvalue weighted by molar-refractivity contribution is -0.118. The SMILES string of the molecule is NC(=O)C1=C(C(N)=O)CCC(C(N)=O)=C(C(N)=O)CC1. The van der Waals surface area contributed by atoms with Gasteiger partial charge in [-0.15, -0.1) is 0 Å². The lowest BCUT2D eigenvalue weighted by Gasteiger charge is -2.17. The summed E-state index contributed by atoms with van der Waals surface area (Å²) in [6.07, 6.45) is 0.0106. The summed E-state index contributed by atoms with van der Waals surface area (Å²) >= 11 is 0. The van der Waals surface area contributed by atoms with Gasteiger partial charge in [0.25, 0.3) is 0 Å². The highest BCUT2D eigenvalue weighted by atomic mass is 16.2. The van der Waals surface area contributed by atoms with Crippen LogP contribution in [0.1, 0.15) is 25.7 Å². The van der Waals surface area contributed by atoms with Gasteiger partial charge in [0.2, 0.25) is 23.6 Å². The van der Waals surface area contributed by atoms with E-state index >= 15 is 0 Å². The average molecular weight is 280 g/mol. The normalized spacial score (nSPS) is 16.4. The van der Waals surface area contributed by atoms with E-state index in [1.807, 2.05) is 0 Å². The van der Waals surface area contributed by atoms with Gasteiger partial charge in [0.05, 0.1) is 0 Å². The molecule has 8 nitrogen and oxygen atoms in total. The molecule has 0 aromatic heterocycles. The van der Waals surface area contributed by atoms with E-state index in [4.69, 9.17) is 22.9 Å². The monoisotopic (exact) mass is 280 g/mol. The van der Waals surface area contributed by atoms with Crippen LogP contribution in [0.5, 0.6) is 0 Å². The van der Waals surface area contributed by atoms with Gasteiger partial charge in [0.1, 0.15) is 0 Å². The summed E-state index contributed by atoms with van der Waals surface area (Å²) in [6.45, 7) is 0. The molecule has 0 unspecified atom stereocenters. The molecular formula is C12H16N4O4. The fourth-order valence-electron chi connectivity index (χ4n) is 2.19. The van der Waals surface area contributed by atoms with Gasteiger partial charge in [-0.3, -0.25) is 19.2 Å². The third-order valence-electron chi connectivity index (χ3n) is 3.17. The zero-order chi connectivity index (χ0) is 15.4. The van der Waals surface area contributed by atoms with Crippen molar-refractivity contribution in [3.8, 4) is 0 Å². The Hall–Kier alpha value is -2.64. The molecule has 0 heterocycles. The smallest absolute Gasteiger partial charge is 0.245 e. The van der Waals surface area contributed by atoms with Crippen molar-refractivity contribution in [2.24, 2.45) is 22.9 Å². The maximum Gasteiger partial charge on any atom is 0.245 e.